The van der Waals surface area contributed by atoms with E-state index in [9.17, 15) is 14.4 Å². The summed E-state index contributed by atoms with van der Waals surface area (Å²) in [6, 6.07) is 16.7. The van der Waals surface area contributed by atoms with Crippen LogP contribution in [0.15, 0.2) is 60.0 Å². The van der Waals surface area contributed by atoms with Gasteiger partial charge in [-0.05, 0) is 29.8 Å². The Hall–Kier alpha value is -3.72. The van der Waals surface area contributed by atoms with Gasteiger partial charge in [-0.3, -0.25) is 19.7 Å². The monoisotopic (exact) mass is 449 g/mol. The third-order valence-electron chi connectivity index (χ3n) is 4.98. The van der Waals surface area contributed by atoms with Crippen LogP contribution in [0.3, 0.4) is 0 Å². The maximum absolute atomic E-state index is 12.3. The van der Waals surface area contributed by atoms with Gasteiger partial charge >= 0.3 is 0 Å². The lowest BCUT2D eigenvalue weighted by Gasteiger charge is -2.28. The number of thiazole rings is 1. The number of nitrogens with one attached hydrogen (secondary N) is 3. The van der Waals surface area contributed by atoms with E-state index in [2.05, 4.69) is 20.9 Å². The molecule has 2 heterocycles. The molecule has 1 aromatic heterocycles. The van der Waals surface area contributed by atoms with Gasteiger partial charge in [0.1, 0.15) is 0 Å². The molecule has 0 bridgehead atoms. The lowest BCUT2D eigenvalue weighted by molar-refractivity contribution is -0.121. The molecule has 1 aliphatic heterocycles. The van der Waals surface area contributed by atoms with E-state index < -0.39 is 0 Å². The Morgan fingerprint density at radius 3 is 2.62 bits per heavy atom. The Bertz CT molecular complexity index is 1100. The normalized spacial score (nSPS) is 13.4. The highest BCUT2D eigenvalue weighted by Gasteiger charge is 2.16. The molecular weight excluding hydrogens is 426 g/mol. The SMILES string of the molecule is O=C(Cc1csc(NC(=O)c2ccccc2)n1)NCc1ccc(N2CCNC(=O)C2)cc1. The summed E-state index contributed by atoms with van der Waals surface area (Å²) >= 11 is 1.29. The van der Waals surface area contributed by atoms with Crippen molar-refractivity contribution in [3.63, 3.8) is 0 Å². The number of carbonyl (C=O) groups excluding carboxylic acids is 3. The van der Waals surface area contributed by atoms with Crippen LogP contribution >= 0.6 is 11.3 Å². The van der Waals surface area contributed by atoms with Crippen molar-refractivity contribution in [1.29, 1.82) is 0 Å². The molecule has 1 fully saturated rings. The van der Waals surface area contributed by atoms with Crippen LogP contribution in [0.25, 0.3) is 0 Å². The van der Waals surface area contributed by atoms with E-state index in [1.165, 1.54) is 11.3 Å². The topological polar surface area (TPSA) is 103 Å². The van der Waals surface area contributed by atoms with Gasteiger partial charge in [-0.2, -0.15) is 0 Å². The van der Waals surface area contributed by atoms with Gasteiger partial charge < -0.3 is 15.5 Å². The van der Waals surface area contributed by atoms with E-state index >= 15 is 0 Å². The predicted molar refractivity (Wildman–Crippen MR) is 124 cm³/mol. The quantitative estimate of drug-likeness (QED) is 0.513. The first-order valence-electron chi connectivity index (χ1n) is 10.2. The van der Waals surface area contributed by atoms with E-state index in [4.69, 9.17) is 0 Å². The lowest BCUT2D eigenvalue weighted by atomic mass is 10.1. The average Bonchev–Trinajstić information content (AvgIpc) is 3.25. The van der Waals surface area contributed by atoms with Crippen molar-refractivity contribution in [2.24, 2.45) is 0 Å². The minimum absolute atomic E-state index is 0.0254. The van der Waals surface area contributed by atoms with Crippen LogP contribution in [0.1, 0.15) is 21.6 Å². The van der Waals surface area contributed by atoms with Crippen molar-refractivity contribution in [2.45, 2.75) is 13.0 Å². The van der Waals surface area contributed by atoms with Gasteiger partial charge in [0.05, 0.1) is 18.7 Å². The zero-order chi connectivity index (χ0) is 22.3. The highest BCUT2D eigenvalue weighted by Crippen LogP contribution is 2.18. The number of amides is 3. The molecule has 1 saturated heterocycles. The first kappa shape index (κ1) is 21.5. The molecule has 164 valence electrons. The number of hydrogen-bond donors (Lipinski definition) is 3. The number of aromatic nitrogens is 1. The van der Waals surface area contributed by atoms with Crippen molar-refractivity contribution in [3.8, 4) is 0 Å². The van der Waals surface area contributed by atoms with E-state index in [0.717, 1.165) is 17.8 Å². The Kier molecular flexibility index (Phi) is 6.76. The highest BCUT2D eigenvalue weighted by molar-refractivity contribution is 7.14. The first-order chi connectivity index (χ1) is 15.6. The second-order valence-electron chi connectivity index (χ2n) is 7.36. The van der Waals surface area contributed by atoms with E-state index in [-0.39, 0.29) is 24.1 Å². The summed E-state index contributed by atoms with van der Waals surface area (Å²) in [5, 5.41) is 10.7. The molecule has 0 spiro atoms. The Morgan fingerprint density at radius 2 is 1.88 bits per heavy atom. The highest BCUT2D eigenvalue weighted by atomic mass is 32.1. The molecule has 0 radical (unpaired) electrons. The van der Waals surface area contributed by atoms with Crippen LogP contribution in [0, 0.1) is 0 Å². The zero-order valence-electron chi connectivity index (χ0n) is 17.3. The number of carbonyl (C=O) groups is 3. The molecule has 3 amide bonds. The Balaban J connectivity index is 1.24. The summed E-state index contributed by atoms with van der Waals surface area (Å²) in [4.78, 5) is 42.4. The van der Waals surface area contributed by atoms with Gasteiger partial charge in [0.2, 0.25) is 11.8 Å². The summed E-state index contributed by atoms with van der Waals surface area (Å²) in [7, 11) is 0. The van der Waals surface area contributed by atoms with Gasteiger partial charge in [-0.25, -0.2) is 4.98 Å². The maximum atomic E-state index is 12.3. The summed E-state index contributed by atoms with van der Waals surface area (Å²) in [5.74, 6) is -0.352. The van der Waals surface area contributed by atoms with Gasteiger partial charge in [0.25, 0.3) is 5.91 Å². The fourth-order valence-electron chi connectivity index (χ4n) is 3.32. The molecule has 32 heavy (non-hydrogen) atoms. The summed E-state index contributed by atoms with van der Waals surface area (Å²) < 4.78 is 0. The second-order valence-corrected chi connectivity index (χ2v) is 8.21. The van der Waals surface area contributed by atoms with Crippen molar-refractivity contribution >= 4 is 39.9 Å². The summed E-state index contributed by atoms with van der Waals surface area (Å²) in [6.07, 6.45) is 0.138. The third kappa shape index (κ3) is 5.70. The van der Waals surface area contributed by atoms with Crippen molar-refractivity contribution < 1.29 is 14.4 Å². The molecule has 0 unspecified atom stereocenters. The fraction of sp³-hybridized carbons (Fsp3) is 0.217. The molecule has 1 aliphatic rings. The molecule has 8 nitrogen and oxygen atoms in total. The van der Waals surface area contributed by atoms with E-state index in [1.807, 2.05) is 35.2 Å². The van der Waals surface area contributed by atoms with Crippen LogP contribution in [0.5, 0.6) is 0 Å². The molecule has 0 atom stereocenters. The van der Waals surface area contributed by atoms with Gasteiger partial charge in [0.15, 0.2) is 5.13 Å². The molecule has 3 N–H and O–H groups in total. The van der Waals surface area contributed by atoms with E-state index in [0.29, 0.717) is 36.0 Å². The molecule has 2 aromatic carbocycles. The second kappa shape index (κ2) is 10.1. The van der Waals surface area contributed by atoms with Gasteiger partial charge in [-0.15, -0.1) is 11.3 Å². The average molecular weight is 450 g/mol. The number of nitrogens with zero attached hydrogens (tertiary/aromatic N) is 2. The van der Waals surface area contributed by atoms with E-state index in [1.54, 1.807) is 29.6 Å². The Morgan fingerprint density at radius 1 is 1.09 bits per heavy atom. The summed E-state index contributed by atoms with van der Waals surface area (Å²) in [6.45, 7) is 2.19. The number of rotatable bonds is 7. The maximum Gasteiger partial charge on any atom is 0.257 e. The van der Waals surface area contributed by atoms with Crippen molar-refractivity contribution in [1.82, 2.24) is 15.6 Å². The number of piperazine rings is 1. The van der Waals surface area contributed by atoms with Crippen LogP contribution in [0.2, 0.25) is 0 Å². The number of anilines is 2. The fourth-order valence-corrected chi connectivity index (χ4v) is 4.02. The van der Waals surface area contributed by atoms with Gasteiger partial charge in [0, 0.05) is 36.3 Å². The summed E-state index contributed by atoms with van der Waals surface area (Å²) in [5.41, 5.74) is 3.12. The van der Waals surface area contributed by atoms with Crippen LogP contribution in [0.4, 0.5) is 10.8 Å². The number of hydrogen-bond acceptors (Lipinski definition) is 6. The molecule has 0 aliphatic carbocycles. The van der Waals surface area contributed by atoms with Crippen LogP contribution < -0.4 is 20.9 Å². The molecule has 4 rings (SSSR count). The lowest BCUT2D eigenvalue weighted by Crippen LogP contribution is -2.47. The third-order valence-corrected chi connectivity index (χ3v) is 5.79. The minimum atomic E-state index is -0.232. The molecule has 0 saturated carbocycles. The van der Waals surface area contributed by atoms with Crippen LogP contribution in [-0.2, 0) is 22.6 Å². The van der Waals surface area contributed by atoms with Crippen LogP contribution in [-0.4, -0.2) is 42.3 Å². The minimum Gasteiger partial charge on any atom is -0.360 e. The molecular formula is C23H23N5O3S. The largest absolute Gasteiger partial charge is 0.360 e. The Labute approximate surface area is 189 Å². The predicted octanol–water partition coefficient (Wildman–Crippen LogP) is 2.19. The number of benzene rings is 2. The first-order valence-corrected chi connectivity index (χ1v) is 11.1. The smallest absolute Gasteiger partial charge is 0.257 e. The molecule has 9 heteroatoms. The van der Waals surface area contributed by atoms with Crippen molar-refractivity contribution in [2.75, 3.05) is 29.9 Å². The standard InChI is InChI=1S/C23H23N5O3S/c29-20(12-18-15-32-23(26-18)27-22(31)17-4-2-1-3-5-17)25-13-16-6-8-19(9-7-16)28-11-10-24-21(30)14-28/h1-9,15H,10-14H2,(H,24,30)(H,25,29)(H,26,27,31). The molecule has 3 aromatic rings. The van der Waals surface area contributed by atoms with Crippen molar-refractivity contribution in [3.05, 3.63) is 76.8 Å². The van der Waals surface area contributed by atoms with Gasteiger partial charge in [-0.1, -0.05) is 30.3 Å². The zero-order valence-corrected chi connectivity index (χ0v) is 18.2.